The van der Waals surface area contributed by atoms with E-state index < -0.39 is 0 Å². The van der Waals surface area contributed by atoms with Gasteiger partial charge in [0, 0.05) is 12.5 Å². The molecule has 0 fully saturated rings. The highest BCUT2D eigenvalue weighted by Crippen LogP contribution is 2.12. The van der Waals surface area contributed by atoms with Gasteiger partial charge in [0.1, 0.15) is 0 Å². The van der Waals surface area contributed by atoms with Crippen LogP contribution in [0.4, 0.5) is 0 Å². The number of aromatic nitrogens is 2. The van der Waals surface area contributed by atoms with Crippen molar-refractivity contribution in [3.05, 3.63) is 11.7 Å². The van der Waals surface area contributed by atoms with E-state index in [1.165, 1.54) is 0 Å². The Hall–Kier alpha value is -0.550. The van der Waals surface area contributed by atoms with Gasteiger partial charge < -0.3 is 9.84 Å². The lowest BCUT2D eigenvalue weighted by Crippen LogP contribution is -2.35. The summed E-state index contributed by atoms with van der Waals surface area (Å²) in [4.78, 5) is 4.41. The van der Waals surface area contributed by atoms with Gasteiger partial charge in [0.2, 0.25) is 5.89 Å². The molecule has 0 saturated carbocycles. The Morgan fingerprint density at radius 2 is 2.12 bits per heavy atom. The van der Waals surface area contributed by atoms with Crippen molar-refractivity contribution in [2.45, 2.75) is 45.9 Å². The Labute approximate surface area is 108 Å². The van der Waals surface area contributed by atoms with Gasteiger partial charge in [0.25, 0.3) is 0 Å². The van der Waals surface area contributed by atoms with E-state index in [-0.39, 0.29) is 0 Å². The van der Waals surface area contributed by atoms with Crippen LogP contribution in [-0.2, 0) is 12.2 Å². The normalized spacial score (nSPS) is 13.2. The maximum Gasteiger partial charge on any atom is 0.228 e. The lowest BCUT2D eigenvalue weighted by Gasteiger charge is -2.19. The monoisotopic (exact) mass is 257 g/mol. The van der Waals surface area contributed by atoms with Gasteiger partial charge in [0.15, 0.2) is 5.82 Å². The third-order valence-electron chi connectivity index (χ3n) is 2.61. The van der Waals surface area contributed by atoms with Gasteiger partial charge in [-0.2, -0.15) is 16.7 Å². The van der Waals surface area contributed by atoms with Gasteiger partial charge >= 0.3 is 0 Å². The first-order valence-corrected chi connectivity index (χ1v) is 7.45. The van der Waals surface area contributed by atoms with E-state index in [1.807, 2.05) is 11.8 Å². The van der Waals surface area contributed by atoms with Crippen LogP contribution in [-0.4, -0.2) is 28.5 Å². The number of hydrogen-bond acceptors (Lipinski definition) is 5. The van der Waals surface area contributed by atoms with Crippen molar-refractivity contribution < 1.29 is 4.52 Å². The van der Waals surface area contributed by atoms with Crippen LogP contribution in [0.25, 0.3) is 0 Å². The molecule has 17 heavy (non-hydrogen) atoms. The van der Waals surface area contributed by atoms with Crippen LogP contribution in [0, 0.1) is 5.92 Å². The number of rotatable bonds is 8. The van der Waals surface area contributed by atoms with Crippen LogP contribution < -0.4 is 5.32 Å². The van der Waals surface area contributed by atoms with Gasteiger partial charge in [0.05, 0.1) is 5.75 Å². The molecule has 1 N–H and O–H groups in total. The van der Waals surface area contributed by atoms with Gasteiger partial charge in [-0.15, -0.1) is 0 Å². The van der Waals surface area contributed by atoms with Crippen molar-refractivity contribution >= 4 is 11.8 Å². The molecule has 1 heterocycles. The number of likely N-dealkylation sites (N-methyl/N-ethyl adjacent to an activating group) is 1. The Morgan fingerprint density at radius 1 is 1.35 bits per heavy atom. The molecule has 98 valence electrons. The summed E-state index contributed by atoms with van der Waals surface area (Å²) in [6.45, 7) is 9.63. The number of hydrogen-bond donors (Lipinski definition) is 1. The lowest BCUT2D eigenvalue weighted by atomic mass is 10.0. The third kappa shape index (κ3) is 5.08. The van der Waals surface area contributed by atoms with Crippen molar-refractivity contribution in [1.29, 1.82) is 0 Å². The second-order valence-corrected chi connectivity index (χ2v) is 5.63. The van der Waals surface area contributed by atoms with Crippen LogP contribution in [0.1, 0.15) is 39.4 Å². The van der Waals surface area contributed by atoms with E-state index in [0.717, 1.165) is 36.2 Å². The summed E-state index contributed by atoms with van der Waals surface area (Å²) >= 11 is 1.81. The van der Waals surface area contributed by atoms with Crippen molar-refractivity contribution in [2.24, 2.45) is 5.92 Å². The molecule has 0 amide bonds. The van der Waals surface area contributed by atoms with Gasteiger partial charge in [-0.25, -0.2) is 0 Å². The maximum absolute atomic E-state index is 5.27. The average Bonchev–Trinajstić information content (AvgIpc) is 2.73. The summed E-state index contributed by atoms with van der Waals surface area (Å²) in [6.07, 6.45) is 0.815. The molecule has 5 heteroatoms. The highest BCUT2D eigenvalue weighted by Gasteiger charge is 2.16. The predicted molar refractivity (Wildman–Crippen MR) is 72.1 cm³/mol. The molecular formula is C12H23N3OS. The first kappa shape index (κ1) is 14.5. The zero-order valence-corrected chi connectivity index (χ0v) is 12.0. The fraction of sp³-hybridized carbons (Fsp3) is 0.833. The number of nitrogens with one attached hydrogen (secondary N) is 1. The summed E-state index contributed by atoms with van der Waals surface area (Å²) in [5.41, 5.74) is 0. The zero-order chi connectivity index (χ0) is 12.7. The third-order valence-corrected chi connectivity index (χ3v) is 3.48. The summed E-state index contributed by atoms with van der Waals surface area (Å²) < 4.78 is 5.27. The molecule has 1 unspecified atom stereocenters. The Bertz CT molecular complexity index is 314. The molecule has 1 atom stereocenters. The van der Waals surface area contributed by atoms with Gasteiger partial charge in [-0.05, 0) is 18.2 Å². The average molecular weight is 257 g/mol. The molecule has 0 aromatic carbocycles. The predicted octanol–water partition coefficient (Wildman–Crippen LogP) is 2.50. The van der Waals surface area contributed by atoms with Crippen molar-refractivity contribution in [3.63, 3.8) is 0 Å². The van der Waals surface area contributed by atoms with Crippen molar-refractivity contribution in [3.8, 4) is 0 Å². The SMILES string of the molecule is CCNC(Cc1nc(CSCC)no1)C(C)C. The van der Waals surface area contributed by atoms with E-state index in [4.69, 9.17) is 4.52 Å². The fourth-order valence-electron chi connectivity index (χ4n) is 1.62. The zero-order valence-electron chi connectivity index (χ0n) is 11.2. The maximum atomic E-state index is 5.27. The van der Waals surface area contributed by atoms with E-state index in [1.54, 1.807) is 0 Å². The van der Waals surface area contributed by atoms with Crippen LogP contribution >= 0.6 is 11.8 Å². The summed E-state index contributed by atoms with van der Waals surface area (Å²) in [5.74, 6) is 4.04. The highest BCUT2D eigenvalue weighted by molar-refractivity contribution is 7.98. The van der Waals surface area contributed by atoms with E-state index in [0.29, 0.717) is 12.0 Å². The smallest absolute Gasteiger partial charge is 0.228 e. The minimum atomic E-state index is 0.409. The largest absolute Gasteiger partial charge is 0.339 e. The van der Waals surface area contributed by atoms with Crippen LogP contribution in [0.3, 0.4) is 0 Å². The molecule has 1 rings (SSSR count). The second-order valence-electron chi connectivity index (χ2n) is 4.35. The Balaban J connectivity index is 2.51. The highest BCUT2D eigenvalue weighted by atomic mass is 32.2. The molecule has 0 bridgehead atoms. The molecule has 0 aliphatic rings. The lowest BCUT2D eigenvalue weighted by molar-refractivity contribution is 0.327. The number of nitrogens with zero attached hydrogens (tertiary/aromatic N) is 2. The van der Waals surface area contributed by atoms with Gasteiger partial charge in [-0.3, -0.25) is 0 Å². The van der Waals surface area contributed by atoms with E-state index >= 15 is 0 Å². The Morgan fingerprint density at radius 3 is 2.71 bits per heavy atom. The molecule has 4 nitrogen and oxygen atoms in total. The first-order chi connectivity index (χ1) is 8.17. The molecule has 0 aliphatic heterocycles. The molecule has 1 aromatic heterocycles. The summed E-state index contributed by atoms with van der Waals surface area (Å²) in [6, 6.07) is 0.409. The van der Waals surface area contributed by atoms with Crippen LogP contribution in [0.15, 0.2) is 4.52 Å². The Kier molecular flexibility index (Phi) is 6.58. The number of thioether (sulfide) groups is 1. The first-order valence-electron chi connectivity index (χ1n) is 6.29. The standard InChI is InChI=1S/C12H23N3OS/c1-5-13-10(9(3)4)7-12-14-11(15-16-12)8-17-6-2/h9-10,13H,5-8H2,1-4H3. The van der Waals surface area contributed by atoms with Crippen LogP contribution in [0.2, 0.25) is 0 Å². The quantitative estimate of drug-likeness (QED) is 0.775. The van der Waals surface area contributed by atoms with Crippen molar-refractivity contribution in [1.82, 2.24) is 15.5 Å². The second kappa shape index (κ2) is 7.71. The fourth-order valence-corrected chi connectivity index (χ4v) is 2.12. The molecule has 0 spiro atoms. The summed E-state index contributed by atoms with van der Waals surface area (Å²) in [5, 5.41) is 7.44. The molecule has 0 saturated heterocycles. The van der Waals surface area contributed by atoms with E-state index in [2.05, 4.69) is 43.2 Å². The topological polar surface area (TPSA) is 51.0 Å². The summed E-state index contributed by atoms with van der Waals surface area (Å²) in [7, 11) is 0. The molecule has 0 aliphatic carbocycles. The van der Waals surface area contributed by atoms with Crippen LogP contribution in [0.5, 0.6) is 0 Å². The molecule has 0 radical (unpaired) electrons. The van der Waals surface area contributed by atoms with E-state index in [9.17, 15) is 0 Å². The molecule has 1 aromatic rings. The van der Waals surface area contributed by atoms with Crippen molar-refractivity contribution in [2.75, 3.05) is 12.3 Å². The minimum Gasteiger partial charge on any atom is -0.339 e. The molecular weight excluding hydrogens is 234 g/mol. The van der Waals surface area contributed by atoms with Gasteiger partial charge in [-0.1, -0.05) is 32.9 Å². The minimum absolute atomic E-state index is 0.409.